The van der Waals surface area contributed by atoms with E-state index in [0.29, 0.717) is 38.8 Å². The highest BCUT2D eigenvalue weighted by atomic mass is 35.5. The van der Waals surface area contributed by atoms with E-state index in [1.807, 2.05) is 4.90 Å². The third-order valence-electron chi connectivity index (χ3n) is 3.46. The fourth-order valence-electron chi connectivity index (χ4n) is 2.26. The minimum absolute atomic E-state index is 0. The van der Waals surface area contributed by atoms with Gasteiger partial charge in [0.2, 0.25) is 0 Å². The second kappa shape index (κ2) is 8.05. The van der Waals surface area contributed by atoms with Crippen LogP contribution in [0.5, 0.6) is 0 Å². The first-order valence-electron chi connectivity index (χ1n) is 6.66. The summed E-state index contributed by atoms with van der Waals surface area (Å²) in [6, 6.07) is 2.89. The lowest BCUT2D eigenvalue weighted by Gasteiger charge is -2.34. The summed E-state index contributed by atoms with van der Waals surface area (Å²) in [6.45, 7) is 2.32. The van der Waals surface area contributed by atoms with Crippen LogP contribution >= 0.6 is 12.4 Å². The Morgan fingerprint density at radius 2 is 1.77 bits per heavy atom. The number of rotatable bonds is 4. The Kier molecular flexibility index (Phi) is 6.70. The van der Waals surface area contributed by atoms with Gasteiger partial charge in [0.1, 0.15) is 11.6 Å². The van der Waals surface area contributed by atoms with Crippen LogP contribution in [0.4, 0.5) is 8.78 Å². The smallest absolute Gasteiger partial charge is 0.304 e. The maximum atomic E-state index is 13.6. The molecule has 122 valence electrons. The van der Waals surface area contributed by atoms with Crippen molar-refractivity contribution >= 4 is 24.3 Å². The molecule has 0 atom stereocenters. The highest BCUT2D eigenvalue weighted by Gasteiger charge is 2.24. The number of hydrogen-bond acceptors (Lipinski definition) is 3. The van der Waals surface area contributed by atoms with Gasteiger partial charge in [-0.25, -0.2) is 8.78 Å². The van der Waals surface area contributed by atoms with E-state index in [-0.39, 0.29) is 24.4 Å². The molecule has 0 spiro atoms. The van der Waals surface area contributed by atoms with Gasteiger partial charge in [0.25, 0.3) is 5.91 Å². The largest absolute Gasteiger partial charge is 0.481 e. The van der Waals surface area contributed by atoms with E-state index in [0.717, 1.165) is 12.1 Å². The molecule has 0 radical (unpaired) electrons. The predicted molar refractivity (Wildman–Crippen MR) is 78.2 cm³/mol. The molecule has 8 heteroatoms. The summed E-state index contributed by atoms with van der Waals surface area (Å²) in [5.41, 5.74) is -0.143. The molecule has 2 rings (SSSR count). The van der Waals surface area contributed by atoms with Crippen molar-refractivity contribution in [1.29, 1.82) is 0 Å². The first-order valence-corrected chi connectivity index (χ1v) is 6.66. The summed E-state index contributed by atoms with van der Waals surface area (Å²) in [4.78, 5) is 26.1. The first kappa shape index (κ1) is 18.3. The van der Waals surface area contributed by atoms with E-state index < -0.39 is 23.5 Å². The van der Waals surface area contributed by atoms with Crippen molar-refractivity contribution in [2.24, 2.45) is 0 Å². The van der Waals surface area contributed by atoms with Gasteiger partial charge in [-0.15, -0.1) is 12.4 Å². The molecular formula is C14H17ClF2N2O3. The van der Waals surface area contributed by atoms with Crippen molar-refractivity contribution in [1.82, 2.24) is 9.80 Å². The second-order valence-electron chi connectivity index (χ2n) is 4.90. The Labute approximate surface area is 132 Å². The molecule has 0 bridgehead atoms. The topological polar surface area (TPSA) is 60.9 Å². The number of piperazine rings is 1. The van der Waals surface area contributed by atoms with Crippen molar-refractivity contribution in [3.63, 3.8) is 0 Å². The number of carbonyl (C=O) groups is 2. The fourth-order valence-corrected chi connectivity index (χ4v) is 2.26. The zero-order chi connectivity index (χ0) is 15.4. The van der Waals surface area contributed by atoms with Crippen molar-refractivity contribution in [2.45, 2.75) is 6.42 Å². The number of carboxylic acids is 1. The summed E-state index contributed by atoms with van der Waals surface area (Å²) in [7, 11) is 0. The van der Waals surface area contributed by atoms with E-state index in [1.54, 1.807) is 0 Å². The van der Waals surface area contributed by atoms with E-state index in [4.69, 9.17) is 5.11 Å². The number of aliphatic carboxylic acids is 1. The first-order chi connectivity index (χ1) is 9.97. The predicted octanol–water partition coefficient (Wildman–Crippen LogP) is 1.62. The van der Waals surface area contributed by atoms with Crippen molar-refractivity contribution in [3.8, 4) is 0 Å². The van der Waals surface area contributed by atoms with Gasteiger partial charge in [-0.3, -0.25) is 14.5 Å². The molecule has 1 aliphatic rings. The maximum Gasteiger partial charge on any atom is 0.304 e. The van der Waals surface area contributed by atoms with E-state index in [1.165, 1.54) is 4.90 Å². The molecule has 1 saturated heterocycles. The zero-order valence-electron chi connectivity index (χ0n) is 11.8. The van der Waals surface area contributed by atoms with Gasteiger partial charge < -0.3 is 10.0 Å². The molecular weight excluding hydrogens is 318 g/mol. The minimum atomic E-state index is -0.867. The van der Waals surface area contributed by atoms with E-state index >= 15 is 0 Å². The number of halogens is 3. The lowest BCUT2D eigenvalue weighted by molar-refractivity contribution is -0.137. The molecule has 1 aromatic carbocycles. The molecule has 22 heavy (non-hydrogen) atoms. The number of amides is 1. The average Bonchev–Trinajstić information content (AvgIpc) is 2.45. The molecule has 1 heterocycles. The number of nitrogens with zero attached hydrogens (tertiary/aromatic N) is 2. The third-order valence-corrected chi connectivity index (χ3v) is 3.46. The monoisotopic (exact) mass is 334 g/mol. The lowest BCUT2D eigenvalue weighted by Crippen LogP contribution is -2.49. The molecule has 1 aliphatic heterocycles. The average molecular weight is 335 g/mol. The van der Waals surface area contributed by atoms with Crippen LogP contribution in [-0.4, -0.2) is 59.5 Å². The summed E-state index contributed by atoms with van der Waals surface area (Å²) in [5.74, 6) is -2.91. The summed E-state index contributed by atoms with van der Waals surface area (Å²) < 4.78 is 26.4. The third kappa shape index (κ3) is 4.64. The van der Waals surface area contributed by atoms with Crippen molar-refractivity contribution in [3.05, 3.63) is 35.4 Å². The standard InChI is InChI=1S/C14H16F2N2O3.ClH/c15-10-1-2-11(12(16)9-10)14(21)18-7-5-17(6-8-18)4-3-13(19)20;/h1-2,9H,3-8H2,(H,19,20);1H. The van der Waals surface area contributed by atoms with Gasteiger partial charge in [0.05, 0.1) is 12.0 Å². The number of carbonyl (C=O) groups excluding carboxylic acids is 1. The lowest BCUT2D eigenvalue weighted by atomic mass is 10.1. The van der Waals surface area contributed by atoms with Gasteiger partial charge in [-0.2, -0.15) is 0 Å². The van der Waals surface area contributed by atoms with E-state index in [2.05, 4.69) is 0 Å². The highest BCUT2D eigenvalue weighted by Crippen LogP contribution is 2.14. The molecule has 1 aromatic rings. The Hall–Kier alpha value is -1.73. The van der Waals surface area contributed by atoms with Crippen molar-refractivity contribution in [2.75, 3.05) is 32.7 Å². The van der Waals surface area contributed by atoms with Gasteiger partial charge in [0.15, 0.2) is 0 Å². The Bertz CT molecular complexity index is 549. The fraction of sp³-hybridized carbons (Fsp3) is 0.429. The van der Waals surface area contributed by atoms with Gasteiger partial charge >= 0.3 is 5.97 Å². The Morgan fingerprint density at radius 3 is 2.32 bits per heavy atom. The van der Waals surface area contributed by atoms with Crippen LogP contribution in [-0.2, 0) is 4.79 Å². The van der Waals surface area contributed by atoms with Crippen LogP contribution in [0.3, 0.4) is 0 Å². The maximum absolute atomic E-state index is 13.6. The minimum Gasteiger partial charge on any atom is -0.481 e. The van der Waals surface area contributed by atoms with Gasteiger partial charge in [0, 0.05) is 38.8 Å². The van der Waals surface area contributed by atoms with Gasteiger partial charge in [-0.1, -0.05) is 0 Å². The number of carboxylic acid groups (broad SMARTS) is 1. The molecule has 1 N–H and O–H groups in total. The number of hydrogen-bond donors (Lipinski definition) is 1. The molecule has 0 unspecified atom stereocenters. The van der Waals surface area contributed by atoms with Crippen LogP contribution in [0.2, 0.25) is 0 Å². The molecule has 0 aromatic heterocycles. The highest BCUT2D eigenvalue weighted by molar-refractivity contribution is 5.94. The normalized spacial score (nSPS) is 15.3. The Morgan fingerprint density at radius 1 is 1.14 bits per heavy atom. The summed E-state index contributed by atoms with van der Waals surface area (Å²) in [6.07, 6.45) is 0.0561. The van der Waals surface area contributed by atoms with Crippen LogP contribution in [0, 0.1) is 11.6 Å². The van der Waals surface area contributed by atoms with Gasteiger partial charge in [-0.05, 0) is 12.1 Å². The molecule has 0 saturated carbocycles. The quantitative estimate of drug-likeness (QED) is 0.909. The molecule has 5 nitrogen and oxygen atoms in total. The second-order valence-corrected chi connectivity index (χ2v) is 4.90. The zero-order valence-corrected chi connectivity index (χ0v) is 12.6. The molecule has 1 fully saturated rings. The number of benzene rings is 1. The Balaban J connectivity index is 0.00000242. The van der Waals surface area contributed by atoms with Crippen LogP contribution in [0.1, 0.15) is 16.8 Å². The van der Waals surface area contributed by atoms with Crippen LogP contribution in [0.15, 0.2) is 18.2 Å². The summed E-state index contributed by atoms with van der Waals surface area (Å²) in [5, 5.41) is 8.62. The van der Waals surface area contributed by atoms with E-state index in [9.17, 15) is 18.4 Å². The van der Waals surface area contributed by atoms with Crippen LogP contribution in [0.25, 0.3) is 0 Å². The van der Waals surface area contributed by atoms with Crippen molar-refractivity contribution < 1.29 is 23.5 Å². The molecule has 0 aliphatic carbocycles. The summed E-state index contributed by atoms with van der Waals surface area (Å²) >= 11 is 0. The SMILES string of the molecule is Cl.O=C(O)CCN1CCN(C(=O)c2ccc(F)cc2F)CC1. The van der Waals surface area contributed by atoms with Crippen LogP contribution < -0.4 is 0 Å². The molecule has 1 amide bonds.